The highest BCUT2D eigenvalue weighted by Crippen LogP contribution is 2.15. The maximum absolute atomic E-state index is 11.5. The van der Waals surface area contributed by atoms with E-state index in [1.165, 1.54) is 13.2 Å². The van der Waals surface area contributed by atoms with Gasteiger partial charge < -0.3 is 4.74 Å². The summed E-state index contributed by atoms with van der Waals surface area (Å²) in [6.07, 6.45) is 0. The van der Waals surface area contributed by atoms with Crippen LogP contribution in [0.25, 0.3) is 10.9 Å². The van der Waals surface area contributed by atoms with Gasteiger partial charge in [0.05, 0.1) is 18.2 Å². The monoisotopic (exact) mass is 197 g/mol. The van der Waals surface area contributed by atoms with Crippen molar-refractivity contribution in [1.82, 2.24) is 4.98 Å². The topological polar surface area (TPSA) is 39.2 Å². The zero-order valence-electron chi connectivity index (χ0n) is 8.23. The van der Waals surface area contributed by atoms with E-state index in [0.717, 1.165) is 5.39 Å². The van der Waals surface area contributed by atoms with E-state index in [-0.39, 0.29) is 0 Å². The minimum absolute atomic E-state index is 0.314. The molecule has 0 spiro atoms. The SMILES string of the molecule is [B]c1cc(C(=O)OC)c2ccccc2n1. The minimum Gasteiger partial charge on any atom is -0.465 e. The molecule has 0 aliphatic carbocycles. The fraction of sp³-hybridized carbons (Fsp3) is 0.0909. The molecule has 0 bridgehead atoms. The van der Waals surface area contributed by atoms with E-state index in [0.29, 0.717) is 16.7 Å². The Kier molecular flexibility index (Phi) is 2.41. The van der Waals surface area contributed by atoms with Crippen molar-refractivity contribution in [1.29, 1.82) is 0 Å². The summed E-state index contributed by atoms with van der Waals surface area (Å²) in [5.74, 6) is -0.402. The summed E-state index contributed by atoms with van der Waals surface area (Å²) < 4.78 is 4.68. The number of ether oxygens (including phenoxy) is 1. The smallest absolute Gasteiger partial charge is 0.338 e. The van der Waals surface area contributed by atoms with E-state index in [4.69, 9.17) is 7.85 Å². The third-order valence-corrected chi connectivity index (χ3v) is 2.14. The zero-order valence-corrected chi connectivity index (χ0v) is 8.23. The molecule has 0 saturated carbocycles. The normalized spacial score (nSPS) is 10.2. The Morgan fingerprint density at radius 3 is 2.87 bits per heavy atom. The molecule has 2 rings (SSSR count). The second-order valence-corrected chi connectivity index (χ2v) is 3.10. The van der Waals surface area contributed by atoms with Crippen LogP contribution < -0.4 is 5.59 Å². The molecule has 4 heteroatoms. The van der Waals surface area contributed by atoms with Crippen molar-refractivity contribution in [3.05, 3.63) is 35.9 Å². The number of nitrogens with zero attached hydrogens (tertiary/aromatic N) is 1. The molecule has 1 aromatic carbocycles. The lowest BCUT2D eigenvalue weighted by Crippen LogP contribution is -2.13. The van der Waals surface area contributed by atoms with Crippen LogP contribution in [0.4, 0.5) is 0 Å². The third-order valence-electron chi connectivity index (χ3n) is 2.14. The number of carbonyl (C=O) groups excluding carboxylic acids is 1. The summed E-state index contributed by atoms with van der Waals surface area (Å²) in [6, 6.07) is 8.82. The first-order valence-corrected chi connectivity index (χ1v) is 4.46. The van der Waals surface area contributed by atoms with Crippen LogP contribution in [0.2, 0.25) is 0 Å². The highest BCUT2D eigenvalue weighted by atomic mass is 16.5. The minimum atomic E-state index is -0.402. The lowest BCUT2D eigenvalue weighted by molar-refractivity contribution is 0.0603. The van der Waals surface area contributed by atoms with Gasteiger partial charge in [0.15, 0.2) is 0 Å². The lowest BCUT2D eigenvalue weighted by Gasteiger charge is -2.05. The van der Waals surface area contributed by atoms with Gasteiger partial charge in [0.1, 0.15) is 7.85 Å². The van der Waals surface area contributed by atoms with Crippen LogP contribution in [0, 0.1) is 0 Å². The third kappa shape index (κ3) is 1.70. The Bertz CT molecular complexity index is 525. The van der Waals surface area contributed by atoms with Gasteiger partial charge in [-0.2, -0.15) is 0 Å². The Labute approximate surface area is 88.5 Å². The van der Waals surface area contributed by atoms with Gasteiger partial charge in [-0.05, 0) is 17.7 Å². The number of pyridine rings is 1. The molecule has 72 valence electrons. The van der Waals surface area contributed by atoms with Crippen LogP contribution in [0.15, 0.2) is 30.3 Å². The number of rotatable bonds is 1. The molecular formula is C11H8BNO2. The van der Waals surface area contributed by atoms with Crippen molar-refractivity contribution in [2.24, 2.45) is 0 Å². The number of esters is 1. The van der Waals surface area contributed by atoms with E-state index in [1.54, 1.807) is 6.07 Å². The van der Waals surface area contributed by atoms with Gasteiger partial charge in [-0.25, -0.2) is 4.79 Å². The van der Waals surface area contributed by atoms with E-state index < -0.39 is 5.97 Å². The summed E-state index contributed by atoms with van der Waals surface area (Å²) in [5.41, 5.74) is 1.45. The van der Waals surface area contributed by atoms with E-state index in [2.05, 4.69) is 9.72 Å². The highest BCUT2D eigenvalue weighted by Gasteiger charge is 2.10. The average Bonchev–Trinajstić information content (AvgIpc) is 2.26. The Hall–Kier alpha value is -1.84. The molecular weight excluding hydrogens is 189 g/mol. The van der Waals surface area contributed by atoms with E-state index >= 15 is 0 Å². The first-order chi connectivity index (χ1) is 7.22. The summed E-state index contributed by atoms with van der Waals surface area (Å²) in [7, 11) is 6.94. The molecule has 0 aliphatic heterocycles. The molecule has 1 heterocycles. The number of hydrogen-bond acceptors (Lipinski definition) is 3. The molecule has 0 amide bonds. The van der Waals surface area contributed by atoms with Gasteiger partial charge in [0, 0.05) is 5.39 Å². The van der Waals surface area contributed by atoms with Crippen LogP contribution in [-0.4, -0.2) is 25.9 Å². The number of hydrogen-bond donors (Lipinski definition) is 0. The van der Waals surface area contributed by atoms with Crippen LogP contribution >= 0.6 is 0 Å². The van der Waals surface area contributed by atoms with Crippen LogP contribution in [0.5, 0.6) is 0 Å². The lowest BCUT2D eigenvalue weighted by atomic mass is 9.98. The Morgan fingerprint density at radius 1 is 1.40 bits per heavy atom. The quantitative estimate of drug-likeness (QED) is 0.501. The highest BCUT2D eigenvalue weighted by molar-refractivity contribution is 6.32. The van der Waals surface area contributed by atoms with Gasteiger partial charge >= 0.3 is 5.97 Å². The molecule has 0 atom stereocenters. The van der Waals surface area contributed by atoms with E-state index in [1.807, 2.05) is 18.2 Å². The molecule has 0 aliphatic rings. The molecule has 0 fully saturated rings. The summed E-state index contributed by atoms with van der Waals surface area (Å²) >= 11 is 0. The Morgan fingerprint density at radius 2 is 2.13 bits per heavy atom. The maximum atomic E-state index is 11.5. The van der Waals surface area contributed by atoms with Crippen molar-refractivity contribution >= 4 is 30.3 Å². The number of para-hydroxylation sites is 1. The summed E-state index contributed by atoms with van der Waals surface area (Å²) in [6.45, 7) is 0. The number of methoxy groups -OCH3 is 1. The fourth-order valence-electron chi connectivity index (χ4n) is 1.47. The van der Waals surface area contributed by atoms with Crippen molar-refractivity contribution in [3.8, 4) is 0 Å². The molecule has 2 aromatic rings. The Balaban J connectivity index is 2.76. The predicted octanol–water partition coefficient (Wildman–Crippen LogP) is 0.815. The summed E-state index contributed by atoms with van der Waals surface area (Å²) in [4.78, 5) is 15.6. The number of aromatic nitrogens is 1. The van der Waals surface area contributed by atoms with Crippen molar-refractivity contribution in [2.45, 2.75) is 0 Å². The predicted molar refractivity (Wildman–Crippen MR) is 58.5 cm³/mol. The van der Waals surface area contributed by atoms with Gasteiger partial charge in [0.2, 0.25) is 0 Å². The van der Waals surface area contributed by atoms with E-state index in [9.17, 15) is 4.79 Å². The van der Waals surface area contributed by atoms with Crippen LogP contribution in [0.1, 0.15) is 10.4 Å². The standard InChI is InChI=1S/C11H8BNO2/c1-15-11(14)8-6-10(12)13-9-5-3-2-4-7(8)9/h2-6H,1H3. The molecule has 0 N–H and O–H groups in total. The number of fused-ring (bicyclic) bond motifs is 1. The first-order valence-electron chi connectivity index (χ1n) is 4.46. The molecule has 2 radical (unpaired) electrons. The average molecular weight is 197 g/mol. The number of carbonyl (C=O) groups is 1. The molecule has 0 saturated heterocycles. The number of benzene rings is 1. The van der Waals surface area contributed by atoms with Crippen molar-refractivity contribution in [3.63, 3.8) is 0 Å². The van der Waals surface area contributed by atoms with Gasteiger partial charge in [-0.1, -0.05) is 18.2 Å². The fourth-order valence-corrected chi connectivity index (χ4v) is 1.47. The van der Waals surface area contributed by atoms with Crippen LogP contribution in [0.3, 0.4) is 0 Å². The van der Waals surface area contributed by atoms with Gasteiger partial charge in [0.25, 0.3) is 0 Å². The van der Waals surface area contributed by atoms with Crippen LogP contribution in [-0.2, 0) is 4.74 Å². The van der Waals surface area contributed by atoms with Gasteiger partial charge in [-0.15, -0.1) is 0 Å². The second kappa shape index (κ2) is 3.73. The zero-order chi connectivity index (χ0) is 10.8. The molecule has 3 nitrogen and oxygen atoms in total. The molecule has 15 heavy (non-hydrogen) atoms. The molecule has 1 aromatic heterocycles. The largest absolute Gasteiger partial charge is 0.465 e. The molecule has 0 unspecified atom stereocenters. The van der Waals surface area contributed by atoms with Gasteiger partial charge in [-0.3, -0.25) is 4.98 Å². The second-order valence-electron chi connectivity index (χ2n) is 3.10. The summed E-state index contributed by atoms with van der Waals surface area (Å²) in [5, 5.41) is 0.749. The first kappa shape index (κ1) is 9.71. The van der Waals surface area contributed by atoms with Crippen molar-refractivity contribution < 1.29 is 9.53 Å². The maximum Gasteiger partial charge on any atom is 0.338 e. The van der Waals surface area contributed by atoms with Crippen molar-refractivity contribution in [2.75, 3.05) is 7.11 Å².